The van der Waals surface area contributed by atoms with Crippen LogP contribution in [0.25, 0.3) is 0 Å². The maximum absolute atomic E-state index is 12.7. The summed E-state index contributed by atoms with van der Waals surface area (Å²) in [4.78, 5) is 13.7. The quantitative estimate of drug-likeness (QED) is 0.708. The molecule has 1 atom stereocenters. The maximum atomic E-state index is 12.7. The lowest BCUT2D eigenvalue weighted by Crippen LogP contribution is -2.37. The van der Waals surface area contributed by atoms with E-state index >= 15 is 0 Å². The van der Waals surface area contributed by atoms with E-state index < -0.39 is 34.8 Å². The molecule has 0 radical (unpaired) electrons. The fraction of sp³-hybridized carbons (Fsp3) is 0.571. The number of rotatable bonds is 5. The Morgan fingerprint density at radius 1 is 1.10 bits per heavy atom. The van der Waals surface area contributed by atoms with Gasteiger partial charge in [-0.15, -0.1) is 0 Å². The van der Waals surface area contributed by atoms with Gasteiger partial charge in [-0.1, -0.05) is 12.1 Å². The van der Waals surface area contributed by atoms with Gasteiger partial charge in [0.1, 0.15) is 0 Å². The Hall–Kier alpha value is -2.07. The monoisotopic (exact) mass is 457 g/mol. The van der Waals surface area contributed by atoms with Crippen molar-refractivity contribution in [2.24, 2.45) is 0 Å². The lowest BCUT2D eigenvalue weighted by molar-refractivity contribution is -0.145. The Bertz CT molecular complexity index is 973. The predicted octanol–water partition coefficient (Wildman–Crippen LogP) is 3.66. The van der Waals surface area contributed by atoms with Crippen LogP contribution < -0.4 is 10.0 Å². The molecule has 2 aliphatic carbocycles. The van der Waals surface area contributed by atoms with Crippen LogP contribution in [-0.4, -0.2) is 44.7 Å². The number of benzene rings is 1. The van der Waals surface area contributed by atoms with Crippen molar-refractivity contribution in [1.29, 1.82) is 0 Å². The number of carbonyl (C=O) groups excluding carboxylic acids is 1. The van der Waals surface area contributed by atoms with Crippen LogP contribution in [0.15, 0.2) is 17.6 Å². The van der Waals surface area contributed by atoms with E-state index in [0.29, 0.717) is 12.8 Å². The number of amides is 2. The molecule has 0 bridgehead atoms. The summed E-state index contributed by atoms with van der Waals surface area (Å²) in [6, 6.07) is 0.737. The minimum atomic E-state index is -4.34. The van der Waals surface area contributed by atoms with E-state index in [9.17, 15) is 26.4 Å². The number of aryl methyl sites for hydroxylation is 2. The average molecular weight is 458 g/mol. The summed E-state index contributed by atoms with van der Waals surface area (Å²) in [7, 11) is -4.13. The number of halogens is 3. The number of anilines is 1. The van der Waals surface area contributed by atoms with Crippen molar-refractivity contribution in [3.63, 3.8) is 0 Å². The molecule has 4 rings (SSSR count). The SMILES string of the molecule is O=C(Nc1c2c(cc3c1CCC3)CCC2)NS(=O)(=O)/C=C/[C@H]1CCCN1CC(F)(F)F. The van der Waals surface area contributed by atoms with E-state index in [1.807, 2.05) is 4.72 Å². The Balaban J connectivity index is 1.43. The number of fused-ring (bicyclic) bond motifs is 2. The zero-order valence-corrected chi connectivity index (χ0v) is 17.9. The van der Waals surface area contributed by atoms with Crippen molar-refractivity contribution >= 4 is 21.7 Å². The second-order valence-electron chi connectivity index (χ2n) is 8.46. The molecule has 1 aliphatic heterocycles. The first-order valence-electron chi connectivity index (χ1n) is 10.6. The average Bonchev–Trinajstić information content (AvgIpc) is 3.38. The van der Waals surface area contributed by atoms with Gasteiger partial charge >= 0.3 is 12.2 Å². The molecule has 2 N–H and O–H groups in total. The predicted molar refractivity (Wildman–Crippen MR) is 111 cm³/mol. The Morgan fingerprint density at radius 2 is 1.74 bits per heavy atom. The molecule has 170 valence electrons. The molecule has 3 aliphatic rings. The fourth-order valence-corrected chi connectivity index (χ4v) is 5.73. The molecule has 1 fully saturated rings. The smallest absolute Gasteiger partial charge is 0.307 e. The number of alkyl halides is 3. The van der Waals surface area contributed by atoms with Crippen LogP contribution in [0.5, 0.6) is 0 Å². The molecule has 1 aromatic carbocycles. The molecule has 1 heterocycles. The highest BCUT2D eigenvalue weighted by Crippen LogP contribution is 2.38. The molecule has 1 saturated heterocycles. The van der Waals surface area contributed by atoms with Crippen molar-refractivity contribution in [2.75, 3.05) is 18.4 Å². The standard InChI is InChI=1S/C21H26F3N3O3S/c22-21(23,24)13-27-10-3-6-16(27)9-11-31(29,30)26-20(28)25-19-17-7-1-4-14(17)12-15-5-2-8-18(15)19/h9,11-12,16H,1-8,10,13H2,(H2,25,26,28)/b11-9+/t16-/m1/s1. The number of nitrogens with one attached hydrogen (secondary N) is 2. The van der Waals surface area contributed by atoms with Gasteiger partial charge in [0.05, 0.1) is 6.54 Å². The van der Waals surface area contributed by atoms with Crippen LogP contribution in [0.4, 0.5) is 23.7 Å². The minimum absolute atomic E-state index is 0.257. The molecule has 0 saturated carbocycles. The number of hydrogen-bond acceptors (Lipinski definition) is 4. The minimum Gasteiger partial charge on any atom is -0.307 e. The Kier molecular flexibility index (Phi) is 6.04. The second-order valence-corrected chi connectivity index (χ2v) is 10.0. The molecule has 0 unspecified atom stereocenters. The summed E-state index contributed by atoms with van der Waals surface area (Å²) in [6.45, 7) is -0.826. The Morgan fingerprint density at radius 3 is 2.35 bits per heavy atom. The van der Waals surface area contributed by atoms with Crippen LogP contribution in [-0.2, 0) is 35.7 Å². The summed E-state index contributed by atoms with van der Waals surface area (Å²) < 4.78 is 64.7. The summed E-state index contributed by atoms with van der Waals surface area (Å²) in [5, 5.41) is 3.54. The summed E-state index contributed by atoms with van der Waals surface area (Å²) in [5.41, 5.74) is 5.32. The van der Waals surface area contributed by atoms with E-state index in [0.717, 1.165) is 60.7 Å². The van der Waals surface area contributed by atoms with Crippen molar-refractivity contribution in [1.82, 2.24) is 9.62 Å². The normalized spacial score (nSPS) is 21.5. The van der Waals surface area contributed by atoms with Crippen molar-refractivity contribution in [2.45, 2.75) is 63.6 Å². The third-order valence-corrected chi connectivity index (χ3v) is 7.21. The van der Waals surface area contributed by atoms with Gasteiger partial charge in [0.2, 0.25) is 0 Å². The van der Waals surface area contributed by atoms with Crippen LogP contribution in [0.1, 0.15) is 47.9 Å². The highest BCUT2D eigenvalue weighted by Gasteiger charge is 2.35. The van der Waals surface area contributed by atoms with Gasteiger partial charge in [0.15, 0.2) is 0 Å². The van der Waals surface area contributed by atoms with Crippen LogP contribution >= 0.6 is 0 Å². The van der Waals surface area contributed by atoms with Gasteiger partial charge in [-0.3, -0.25) is 4.90 Å². The van der Waals surface area contributed by atoms with E-state index in [2.05, 4.69) is 11.4 Å². The molecule has 31 heavy (non-hydrogen) atoms. The Labute approximate surface area is 179 Å². The lowest BCUT2D eigenvalue weighted by Gasteiger charge is -2.22. The number of nitrogens with zero attached hydrogens (tertiary/aromatic N) is 1. The van der Waals surface area contributed by atoms with Gasteiger partial charge < -0.3 is 5.32 Å². The number of sulfonamides is 1. The van der Waals surface area contributed by atoms with Gasteiger partial charge in [-0.25, -0.2) is 17.9 Å². The summed E-state index contributed by atoms with van der Waals surface area (Å²) in [6.07, 6.45) is 3.50. The molecule has 0 aromatic heterocycles. The van der Waals surface area contributed by atoms with E-state index in [1.165, 1.54) is 22.1 Å². The molecular weight excluding hydrogens is 431 g/mol. The molecule has 0 spiro atoms. The molecular formula is C21H26F3N3O3S. The van der Waals surface area contributed by atoms with E-state index in [-0.39, 0.29) is 6.54 Å². The van der Waals surface area contributed by atoms with Gasteiger partial charge in [-0.05, 0) is 80.2 Å². The topological polar surface area (TPSA) is 78.5 Å². The van der Waals surface area contributed by atoms with Crippen molar-refractivity contribution in [3.05, 3.63) is 39.8 Å². The first kappa shape index (κ1) is 22.1. The van der Waals surface area contributed by atoms with Gasteiger partial charge in [-0.2, -0.15) is 13.2 Å². The van der Waals surface area contributed by atoms with E-state index in [4.69, 9.17) is 0 Å². The van der Waals surface area contributed by atoms with Crippen LogP contribution in [0.3, 0.4) is 0 Å². The van der Waals surface area contributed by atoms with Gasteiger partial charge in [0, 0.05) is 17.1 Å². The third kappa shape index (κ3) is 5.23. The van der Waals surface area contributed by atoms with Crippen molar-refractivity contribution in [3.8, 4) is 0 Å². The largest absolute Gasteiger partial charge is 0.401 e. The number of likely N-dealkylation sites (tertiary alicyclic amines) is 1. The van der Waals surface area contributed by atoms with Gasteiger partial charge in [0.25, 0.3) is 10.0 Å². The number of carbonyl (C=O) groups is 1. The van der Waals surface area contributed by atoms with Crippen LogP contribution in [0.2, 0.25) is 0 Å². The number of hydrogen-bond donors (Lipinski definition) is 2. The fourth-order valence-electron chi connectivity index (χ4n) is 4.96. The zero-order chi connectivity index (χ0) is 22.2. The zero-order valence-electron chi connectivity index (χ0n) is 17.1. The second kappa shape index (κ2) is 8.46. The summed E-state index contributed by atoms with van der Waals surface area (Å²) >= 11 is 0. The summed E-state index contributed by atoms with van der Waals surface area (Å²) in [5.74, 6) is 0. The first-order chi connectivity index (χ1) is 14.6. The highest BCUT2D eigenvalue weighted by atomic mass is 32.2. The molecule has 2 amide bonds. The molecule has 1 aromatic rings. The maximum Gasteiger partial charge on any atom is 0.401 e. The molecule has 10 heteroatoms. The van der Waals surface area contributed by atoms with Crippen molar-refractivity contribution < 1.29 is 26.4 Å². The third-order valence-electron chi connectivity index (χ3n) is 6.22. The lowest BCUT2D eigenvalue weighted by atomic mass is 9.99. The van der Waals surface area contributed by atoms with E-state index in [1.54, 1.807) is 0 Å². The highest BCUT2D eigenvalue weighted by molar-refractivity contribution is 7.92. The first-order valence-corrected chi connectivity index (χ1v) is 12.2. The molecule has 6 nitrogen and oxygen atoms in total. The number of urea groups is 1. The van der Waals surface area contributed by atoms with Crippen LogP contribution in [0, 0.1) is 0 Å².